The van der Waals surface area contributed by atoms with Crippen molar-refractivity contribution in [3.8, 4) is 11.5 Å². The molecule has 0 aromatic heterocycles. The summed E-state index contributed by atoms with van der Waals surface area (Å²) in [5.74, 6) is 1.27. The minimum absolute atomic E-state index is 0.238. The third-order valence-corrected chi connectivity index (χ3v) is 4.92. The van der Waals surface area contributed by atoms with Gasteiger partial charge in [-0.25, -0.2) is 0 Å². The Morgan fingerprint density at radius 3 is 2.64 bits per heavy atom. The Balaban J connectivity index is 2.27. The van der Waals surface area contributed by atoms with E-state index >= 15 is 0 Å². The van der Waals surface area contributed by atoms with Crippen LogP contribution in [0.2, 0.25) is 0 Å². The van der Waals surface area contributed by atoms with Gasteiger partial charge in [0.25, 0.3) is 0 Å². The number of ether oxygens (including phenoxy) is 2. The first-order valence-electron chi connectivity index (χ1n) is 6.79. The minimum Gasteiger partial charge on any atom is -0.464 e. The van der Waals surface area contributed by atoms with E-state index in [2.05, 4.69) is 0 Å². The van der Waals surface area contributed by atoms with Crippen LogP contribution >= 0.6 is 11.6 Å². The molecule has 1 heterocycles. The van der Waals surface area contributed by atoms with E-state index in [9.17, 15) is 8.42 Å². The smallest absolute Gasteiger partial charge is 0.384 e. The molecule has 124 valence electrons. The van der Waals surface area contributed by atoms with Crippen molar-refractivity contribution in [1.82, 2.24) is 4.31 Å². The van der Waals surface area contributed by atoms with Crippen LogP contribution in [0.4, 0.5) is 0 Å². The van der Waals surface area contributed by atoms with Gasteiger partial charge in [0.1, 0.15) is 11.5 Å². The van der Waals surface area contributed by atoms with E-state index in [1.165, 1.54) is 14.1 Å². The van der Waals surface area contributed by atoms with Gasteiger partial charge in [0, 0.05) is 25.5 Å². The van der Waals surface area contributed by atoms with Crippen LogP contribution in [0.5, 0.6) is 11.5 Å². The predicted octanol–water partition coefficient (Wildman–Crippen LogP) is 2.12. The summed E-state index contributed by atoms with van der Waals surface area (Å²) in [7, 11) is -0.973. The van der Waals surface area contributed by atoms with Crippen molar-refractivity contribution in [2.24, 2.45) is 0 Å². The molecule has 2 rings (SSSR count). The second kappa shape index (κ2) is 6.23. The summed E-state index contributed by atoms with van der Waals surface area (Å²) in [4.78, 5) is 0. The molecule has 1 aromatic rings. The molecule has 0 saturated carbocycles. The van der Waals surface area contributed by atoms with E-state index in [0.29, 0.717) is 18.2 Å². The summed E-state index contributed by atoms with van der Waals surface area (Å²) < 4.78 is 41.1. The topological polar surface area (TPSA) is 65.1 Å². The first-order valence-corrected chi connectivity index (χ1v) is 8.69. The zero-order valence-electron chi connectivity index (χ0n) is 13.0. The monoisotopic (exact) mass is 349 g/mol. The molecule has 22 heavy (non-hydrogen) atoms. The molecule has 1 aliphatic rings. The Labute approximate surface area is 136 Å². The average Bonchev–Trinajstić information content (AvgIpc) is 2.67. The average molecular weight is 350 g/mol. The molecule has 0 spiro atoms. The van der Waals surface area contributed by atoms with E-state index in [4.69, 9.17) is 25.3 Å². The van der Waals surface area contributed by atoms with Gasteiger partial charge in [-0.3, -0.25) is 0 Å². The summed E-state index contributed by atoms with van der Waals surface area (Å²) in [6, 6.07) is 4.90. The molecule has 0 bridgehead atoms. The lowest BCUT2D eigenvalue weighted by molar-refractivity contribution is -0.0974. The maximum atomic E-state index is 11.8. The molecule has 6 nitrogen and oxygen atoms in total. The van der Waals surface area contributed by atoms with Crippen LogP contribution in [0.1, 0.15) is 19.4 Å². The summed E-state index contributed by atoms with van der Waals surface area (Å²) >= 11 is 5.64. The van der Waals surface area contributed by atoms with E-state index in [0.717, 1.165) is 9.87 Å². The zero-order chi connectivity index (χ0) is 16.5. The highest BCUT2D eigenvalue weighted by Crippen LogP contribution is 2.44. The van der Waals surface area contributed by atoms with Gasteiger partial charge in [0.05, 0.1) is 12.0 Å². The number of halogens is 1. The van der Waals surface area contributed by atoms with Gasteiger partial charge >= 0.3 is 10.3 Å². The van der Waals surface area contributed by atoms with Crippen LogP contribution in [0.15, 0.2) is 18.2 Å². The molecule has 0 aliphatic carbocycles. The largest absolute Gasteiger partial charge is 0.464 e. The fraction of sp³-hybridized carbons (Fsp3) is 0.571. The summed E-state index contributed by atoms with van der Waals surface area (Å²) in [6.45, 7) is 4.30. The first kappa shape index (κ1) is 17.3. The minimum atomic E-state index is -3.79. The number of hydrogen-bond acceptors (Lipinski definition) is 5. The second-order valence-corrected chi connectivity index (χ2v) is 7.84. The van der Waals surface area contributed by atoms with Gasteiger partial charge in [-0.05, 0) is 32.0 Å². The number of hydrogen-bond donors (Lipinski definition) is 0. The SMILES string of the molecule is CN(C)S(=O)(=O)Oc1ccc2c(c1)C(C)(C)C(OCCCl)O2. The van der Waals surface area contributed by atoms with Crippen LogP contribution in [-0.4, -0.2) is 45.6 Å². The highest BCUT2D eigenvalue weighted by Gasteiger charge is 2.43. The Morgan fingerprint density at radius 1 is 1.36 bits per heavy atom. The quantitative estimate of drug-likeness (QED) is 0.736. The van der Waals surface area contributed by atoms with E-state index < -0.39 is 22.0 Å². The fourth-order valence-corrected chi connectivity index (χ4v) is 2.73. The molecule has 1 unspecified atom stereocenters. The van der Waals surface area contributed by atoms with E-state index in [1.54, 1.807) is 18.2 Å². The van der Waals surface area contributed by atoms with Crippen molar-refractivity contribution in [3.05, 3.63) is 23.8 Å². The maximum absolute atomic E-state index is 11.8. The van der Waals surface area contributed by atoms with Crippen molar-refractivity contribution in [2.75, 3.05) is 26.6 Å². The van der Waals surface area contributed by atoms with Gasteiger partial charge in [-0.1, -0.05) is 0 Å². The molecule has 0 saturated heterocycles. The Bertz CT molecular complexity index is 645. The van der Waals surface area contributed by atoms with Gasteiger partial charge in [0.15, 0.2) is 0 Å². The number of nitrogens with zero attached hydrogens (tertiary/aromatic N) is 1. The number of benzene rings is 1. The van der Waals surface area contributed by atoms with Crippen LogP contribution in [0.3, 0.4) is 0 Å². The lowest BCUT2D eigenvalue weighted by atomic mass is 9.85. The molecule has 8 heteroatoms. The fourth-order valence-electron chi connectivity index (χ4n) is 2.15. The van der Waals surface area contributed by atoms with Crippen molar-refractivity contribution < 1.29 is 22.1 Å². The van der Waals surface area contributed by atoms with E-state index in [-0.39, 0.29) is 5.75 Å². The van der Waals surface area contributed by atoms with Crippen molar-refractivity contribution >= 4 is 21.9 Å². The first-order chi connectivity index (χ1) is 10.2. The summed E-state index contributed by atoms with van der Waals surface area (Å²) in [5, 5.41) is 0. The third kappa shape index (κ3) is 3.32. The summed E-state index contributed by atoms with van der Waals surface area (Å²) in [5.41, 5.74) is 0.390. The van der Waals surface area contributed by atoms with Gasteiger partial charge in [-0.2, -0.15) is 12.7 Å². The molecule has 1 aromatic carbocycles. The molecule has 1 atom stereocenters. The number of fused-ring (bicyclic) bond motifs is 1. The predicted molar refractivity (Wildman–Crippen MR) is 83.8 cm³/mol. The van der Waals surface area contributed by atoms with Crippen LogP contribution in [-0.2, 0) is 20.5 Å². The van der Waals surface area contributed by atoms with E-state index in [1.807, 2.05) is 13.8 Å². The normalized spacial score (nSPS) is 19.8. The molecule has 0 radical (unpaired) electrons. The van der Waals surface area contributed by atoms with Crippen molar-refractivity contribution in [2.45, 2.75) is 25.6 Å². The molecular weight excluding hydrogens is 330 g/mol. The maximum Gasteiger partial charge on any atom is 0.384 e. The van der Waals surface area contributed by atoms with Crippen molar-refractivity contribution in [3.63, 3.8) is 0 Å². The third-order valence-electron chi connectivity index (χ3n) is 3.46. The Hall–Kier alpha value is -1.02. The van der Waals surface area contributed by atoms with Crippen LogP contribution in [0, 0.1) is 0 Å². The standard InChI is InChI=1S/C14H20ClNO5S/c1-14(2)11-9-10(21-22(17,18)16(3)4)5-6-12(11)20-13(14)19-8-7-15/h5-6,9,13H,7-8H2,1-4H3. The van der Waals surface area contributed by atoms with Crippen LogP contribution < -0.4 is 8.92 Å². The molecule has 1 aliphatic heterocycles. The zero-order valence-corrected chi connectivity index (χ0v) is 14.6. The second-order valence-electron chi connectivity index (χ2n) is 5.71. The lowest BCUT2D eigenvalue weighted by Gasteiger charge is -2.25. The summed E-state index contributed by atoms with van der Waals surface area (Å²) in [6.07, 6.45) is -0.470. The van der Waals surface area contributed by atoms with Gasteiger partial charge < -0.3 is 13.7 Å². The van der Waals surface area contributed by atoms with Crippen LogP contribution in [0.25, 0.3) is 0 Å². The Morgan fingerprint density at radius 2 is 2.05 bits per heavy atom. The molecule has 0 amide bonds. The van der Waals surface area contributed by atoms with Gasteiger partial charge in [0.2, 0.25) is 6.29 Å². The molecule has 0 N–H and O–H groups in total. The number of rotatable bonds is 6. The highest BCUT2D eigenvalue weighted by molar-refractivity contribution is 7.84. The number of alkyl halides is 1. The van der Waals surface area contributed by atoms with Crippen molar-refractivity contribution in [1.29, 1.82) is 0 Å². The lowest BCUT2D eigenvalue weighted by Crippen LogP contribution is -2.35. The van der Waals surface area contributed by atoms with Gasteiger partial charge in [-0.15, -0.1) is 11.6 Å². The highest BCUT2D eigenvalue weighted by atomic mass is 35.5. The molecular formula is C14H20ClNO5S. The Kier molecular flexibility index (Phi) is 4.91. The molecule has 0 fully saturated rings.